The second kappa shape index (κ2) is 3.62. The Labute approximate surface area is 101 Å². The molecule has 2 aromatic heterocycles. The van der Waals surface area contributed by atoms with Crippen molar-refractivity contribution in [3.8, 4) is 0 Å². The van der Waals surface area contributed by atoms with Crippen LogP contribution in [0.3, 0.4) is 0 Å². The van der Waals surface area contributed by atoms with E-state index in [4.69, 9.17) is 0 Å². The zero-order valence-corrected chi connectivity index (χ0v) is 10.3. The van der Waals surface area contributed by atoms with Crippen molar-refractivity contribution in [1.29, 1.82) is 0 Å². The Hall–Kier alpha value is -0.850. The van der Waals surface area contributed by atoms with Crippen LogP contribution < -0.4 is 0 Å². The normalized spacial score (nSPS) is 15.8. The van der Waals surface area contributed by atoms with Crippen LogP contribution in [0, 0.1) is 3.57 Å². The molecule has 1 saturated carbocycles. The zero-order valence-electron chi connectivity index (χ0n) is 8.17. The summed E-state index contributed by atoms with van der Waals surface area (Å²) in [5.41, 5.74) is 1.25. The highest BCUT2D eigenvalue weighted by atomic mass is 127. The molecular formula is C10H11IN4. The summed E-state index contributed by atoms with van der Waals surface area (Å²) in [6.45, 7) is 0.819. The van der Waals surface area contributed by atoms with Gasteiger partial charge in [0.2, 0.25) is 0 Å². The highest BCUT2D eigenvalue weighted by molar-refractivity contribution is 14.1. The summed E-state index contributed by atoms with van der Waals surface area (Å²) in [6.07, 6.45) is 10.4. The Morgan fingerprint density at radius 1 is 1.40 bits per heavy atom. The zero-order chi connectivity index (χ0) is 10.3. The lowest BCUT2D eigenvalue weighted by Crippen LogP contribution is -2.06. The quantitative estimate of drug-likeness (QED) is 0.813. The van der Waals surface area contributed by atoms with Crippen molar-refractivity contribution in [1.82, 2.24) is 19.3 Å². The first-order valence-electron chi connectivity index (χ1n) is 5.01. The van der Waals surface area contributed by atoms with Crippen LogP contribution in [0.4, 0.5) is 0 Å². The van der Waals surface area contributed by atoms with Gasteiger partial charge in [-0.05, 0) is 35.4 Å². The maximum atomic E-state index is 4.28. The van der Waals surface area contributed by atoms with Crippen molar-refractivity contribution in [2.45, 2.75) is 25.4 Å². The van der Waals surface area contributed by atoms with Gasteiger partial charge in [-0.1, -0.05) is 0 Å². The molecular weight excluding hydrogens is 303 g/mol. The number of rotatable bonds is 3. The maximum absolute atomic E-state index is 4.28. The first-order valence-corrected chi connectivity index (χ1v) is 6.09. The fourth-order valence-corrected chi connectivity index (χ4v) is 2.17. The van der Waals surface area contributed by atoms with Crippen molar-refractivity contribution < 1.29 is 0 Å². The van der Waals surface area contributed by atoms with Gasteiger partial charge in [0.15, 0.2) is 0 Å². The number of aromatic nitrogens is 4. The lowest BCUT2D eigenvalue weighted by Gasteiger charge is -2.05. The fourth-order valence-electron chi connectivity index (χ4n) is 1.73. The van der Waals surface area contributed by atoms with E-state index in [0.717, 1.165) is 6.54 Å². The molecule has 0 bridgehead atoms. The van der Waals surface area contributed by atoms with Crippen molar-refractivity contribution in [2.75, 3.05) is 0 Å². The molecule has 2 aromatic rings. The molecule has 2 heterocycles. The second-order valence-corrected chi connectivity index (χ2v) is 5.13. The van der Waals surface area contributed by atoms with Crippen LogP contribution in [-0.4, -0.2) is 19.3 Å². The van der Waals surface area contributed by atoms with Crippen LogP contribution in [0.1, 0.15) is 24.6 Å². The molecule has 1 fully saturated rings. The Bertz CT molecular complexity index is 469. The van der Waals surface area contributed by atoms with E-state index in [1.165, 1.54) is 22.1 Å². The third-order valence-corrected chi connectivity index (χ3v) is 3.17. The van der Waals surface area contributed by atoms with E-state index in [1.54, 1.807) is 0 Å². The van der Waals surface area contributed by atoms with Crippen molar-refractivity contribution in [3.05, 3.63) is 34.2 Å². The molecule has 0 N–H and O–H groups in total. The minimum Gasteiger partial charge on any atom is -0.330 e. The number of halogens is 1. The van der Waals surface area contributed by atoms with E-state index in [-0.39, 0.29) is 0 Å². The maximum Gasteiger partial charge on any atom is 0.0951 e. The molecule has 0 spiro atoms. The second-order valence-electron chi connectivity index (χ2n) is 3.88. The third kappa shape index (κ3) is 1.92. The van der Waals surface area contributed by atoms with Crippen LogP contribution in [0.5, 0.6) is 0 Å². The van der Waals surface area contributed by atoms with Crippen LogP contribution in [0.15, 0.2) is 24.9 Å². The predicted molar refractivity (Wildman–Crippen MR) is 64.5 cm³/mol. The van der Waals surface area contributed by atoms with E-state index < -0.39 is 0 Å². The highest BCUT2D eigenvalue weighted by Crippen LogP contribution is 2.35. The Balaban J connectivity index is 1.84. The van der Waals surface area contributed by atoms with Gasteiger partial charge in [0.05, 0.1) is 34.5 Å². The molecule has 0 unspecified atom stereocenters. The monoisotopic (exact) mass is 314 g/mol. The smallest absolute Gasteiger partial charge is 0.0951 e. The molecule has 1 aliphatic carbocycles. The van der Waals surface area contributed by atoms with Crippen LogP contribution in [0.2, 0.25) is 0 Å². The molecule has 1 aliphatic rings. The SMILES string of the molecule is Ic1cnn(Cc2cncn2C2CC2)c1. The Kier molecular flexibility index (Phi) is 2.27. The van der Waals surface area contributed by atoms with Gasteiger partial charge in [0.1, 0.15) is 0 Å². The van der Waals surface area contributed by atoms with Gasteiger partial charge in [-0.15, -0.1) is 0 Å². The summed E-state index contributed by atoms with van der Waals surface area (Å²) in [5.74, 6) is 0. The van der Waals surface area contributed by atoms with E-state index in [1.807, 2.05) is 29.6 Å². The summed E-state index contributed by atoms with van der Waals surface area (Å²) >= 11 is 2.27. The standard InChI is InChI=1S/C10H11IN4/c11-8-3-13-14(5-8)6-10-4-12-7-15(10)9-1-2-9/h3-5,7,9H,1-2,6H2. The van der Waals surface area contributed by atoms with Crippen molar-refractivity contribution >= 4 is 22.6 Å². The average molecular weight is 314 g/mol. The molecule has 0 aliphatic heterocycles. The Morgan fingerprint density at radius 2 is 2.27 bits per heavy atom. The van der Waals surface area contributed by atoms with Gasteiger partial charge >= 0.3 is 0 Å². The minimum atomic E-state index is 0.692. The lowest BCUT2D eigenvalue weighted by atomic mass is 10.4. The minimum absolute atomic E-state index is 0.692. The molecule has 0 radical (unpaired) electrons. The molecule has 4 nitrogen and oxygen atoms in total. The van der Waals surface area contributed by atoms with Gasteiger partial charge < -0.3 is 4.57 Å². The largest absolute Gasteiger partial charge is 0.330 e. The number of nitrogens with zero attached hydrogens (tertiary/aromatic N) is 4. The molecule has 0 aromatic carbocycles. The summed E-state index contributed by atoms with van der Waals surface area (Å²) in [5, 5.41) is 4.28. The summed E-state index contributed by atoms with van der Waals surface area (Å²) in [4.78, 5) is 4.21. The van der Waals surface area contributed by atoms with E-state index in [0.29, 0.717) is 6.04 Å². The average Bonchev–Trinajstić information content (AvgIpc) is 2.83. The van der Waals surface area contributed by atoms with Gasteiger partial charge in [-0.25, -0.2) is 4.98 Å². The third-order valence-electron chi connectivity index (χ3n) is 2.61. The molecule has 15 heavy (non-hydrogen) atoms. The van der Waals surface area contributed by atoms with Gasteiger partial charge in [0.25, 0.3) is 0 Å². The molecule has 78 valence electrons. The molecule has 0 amide bonds. The van der Waals surface area contributed by atoms with Gasteiger partial charge in [-0.2, -0.15) is 5.10 Å². The first kappa shape index (κ1) is 9.38. The van der Waals surface area contributed by atoms with Gasteiger partial charge in [-0.3, -0.25) is 4.68 Å². The predicted octanol–water partition coefficient (Wildman–Crippen LogP) is 2.07. The number of imidazole rings is 1. The lowest BCUT2D eigenvalue weighted by molar-refractivity contribution is 0.615. The Morgan fingerprint density at radius 3 is 2.93 bits per heavy atom. The molecule has 3 rings (SSSR count). The van der Waals surface area contributed by atoms with E-state index >= 15 is 0 Å². The summed E-state index contributed by atoms with van der Waals surface area (Å²) < 4.78 is 5.40. The molecule has 0 atom stereocenters. The van der Waals surface area contributed by atoms with Gasteiger partial charge in [0, 0.05) is 12.2 Å². The van der Waals surface area contributed by atoms with E-state index in [9.17, 15) is 0 Å². The summed E-state index contributed by atoms with van der Waals surface area (Å²) in [7, 11) is 0. The number of hydrogen-bond acceptors (Lipinski definition) is 2. The van der Waals surface area contributed by atoms with Crippen molar-refractivity contribution in [3.63, 3.8) is 0 Å². The summed E-state index contributed by atoms with van der Waals surface area (Å²) in [6, 6.07) is 0.692. The number of hydrogen-bond donors (Lipinski definition) is 0. The topological polar surface area (TPSA) is 35.6 Å². The van der Waals surface area contributed by atoms with E-state index in [2.05, 4.69) is 37.2 Å². The van der Waals surface area contributed by atoms with Crippen molar-refractivity contribution in [2.24, 2.45) is 0 Å². The van der Waals surface area contributed by atoms with Crippen LogP contribution >= 0.6 is 22.6 Å². The van der Waals surface area contributed by atoms with Crippen LogP contribution in [0.25, 0.3) is 0 Å². The van der Waals surface area contributed by atoms with Crippen LogP contribution in [-0.2, 0) is 6.54 Å². The first-order chi connectivity index (χ1) is 7.33. The highest BCUT2D eigenvalue weighted by Gasteiger charge is 2.25. The molecule has 0 saturated heterocycles. The fraction of sp³-hybridized carbons (Fsp3) is 0.400. The molecule has 5 heteroatoms.